The molecule has 0 atom stereocenters. The van der Waals surface area contributed by atoms with E-state index in [2.05, 4.69) is 4.72 Å². The van der Waals surface area contributed by atoms with Crippen LogP contribution in [0.3, 0.4) is 0 Å². The molecule has 0 saturated carbocycles. The van der Waals surface area contributed by atoms with Gasteiger partial charge in [0.15, 0.2) is 0 Å². The number of aryl methyl sites for hydroxylation is 2. The fraction of sp³-hybridized carbons (Fsp3) is 0.286. The number of nitrogens with one attached hydrogen (secondary N) is 1. The number of hydrogen-bond acceptors (Lipinski definition) is 3. The Bertz CT molecular complexity index is 675. The third kappa shape index (κ3) is 2.73. The number of hydrogen-bond donors (Lipinski definition) is 1. The fourth-order valence-electron chi connectivity index (χ4n) is 2.37. The minimum Gasteiger partial charge on any atom is -0.207 e. The zero-order valence-corrected chi connectivity index (χ0v) is 12.1. The van der Waals surface area contributed by atoms with Crippen LogP contribution in [0.1, 0.15) is 23.1 Å². The molecule has 0 bridgehead atoms. The van der Waals surface area contributed by atoms with Crippen molar-refractivity contribution in [3.8, 4) is 0 Å². The first-order chi connectivity index (χ1) is 9.15. The van der Waals surface area contributed by atoms with E-state index in [4.69, 9.17) is 0 Å². The summed E-state index contributed by atoms with van der Waals surface area (Å²) in [6, 6.07) is 7.40. The molecule has 0 radical (unpaired) electrons. The van der Waals surface area contributed by atoms with Gasteiger partial charge in [-0.3, -0.25) is 0 Å². The maximum absolute atomic E-state index is 12.2. The van der Waals surface area contributed by atoms with Crippen molar-refractivity contribution in [3.05, 3.63) is 51.7 Å². The molecule has 0 saturated heterocycles. The summed E-state index contributed by atoms with van der Waals surface area (Å²) in [7, 11) is -3.40. The minimum atomic E-state index is -3.40. The Morgan fingerprint density at radius 1 is 1.16 bits per heavy atom. The summed E-state index contributed by atoms with van der Waals surface area (Å²) in [5.41, 5.74) is 3.46. The lowest BCUT2D eigenvalue weighted by Crippen LogP contribution is -2.23. The molecule has 1 aromatic carbocycles. The van der Waals surface area contributed by atoms with Crippen molar-refractivity contribution in [2.24, 2.45) is 0 Å². The molecule has 1 N–H and O–H groups in total. The fourth-order valence-corrected chi connectivity index (χ4v) is 4.11. The van der Waals surface area contributed by atoms with Crippen LogP contribution >= 0.6 is 11.3 Å². The molecule has 0 unspecified atom stereocenters. The number of benzene rings is 1. The molecule has 1 aromatic heterocycles. The van der Waals surface area contributed by atoms with E-state index in [-0.39, 0.29) is 0 Å². The second-order valence-corrected chi connectivity index (χ2v) is 7.29. The predicted octanol–water partition coefficient (Wildman–Crippen LogP) is 2.72. The molecule has 2 aromatic rings. The van der Waals surface area contributed by atoms with Crippen LogP contribution in [0.4, 0.5) is 0 Å². The van der Waals surface area contributed by atoms with E-state index < -0.39 is 10.0 Å². The summed E-state index contributed by atoms with van der Waals surface area (Å²) in [4.78, 5) is 0.378. The maximum Gasteiger partial charge on any atom is 0.240 e. The summed E-state index contributed by atoms with van der Waals surface area (Å²) in [5.74, 6) is 0. The molecule has 3 rings (SSSR count). The lowest BCUT2D eigenvalue weighted by molar-refractivity contribution is 0.581. The third-order valence-electron chi connectivity index (χ3n) is 3.43. The van der Waals surface area contributed by atoms with E-state index in [9.17, 15) is 8.42 Å². The van der Waals surface area contributed by atoms with Crippen molar-refractivity contribution in [3.63, 3.8) is 0 Å². The van der Waals surface area contributed by atoms with Crippen LogP contribution in [0.15, 0.2) is 39.9 Å². The molecular weight excluding hydrogens is 278 g/mol. The van der Waals surface area contributed by atoms with Crippen LogP contribution in [-0.4, -0.2) is 8.42 Å². The first-order valence-corrected chi connectivity index (χ1v) is 8.70. The SMILES string of the molecule is O=S(=O)(NCc1ccsc1)c1ccc2c(c1)CCC2. The Morgan fingerprint density at radius 2 is 2.00 bits per heavy atom. The van der Waals surface area contributed by atoms with Crippen LogP contribution in [-0.2, 0) is 29.4 Å². The highest BCUT2D eigenvalue weighted by Crippen LogP contribution is 2.24. The van der Waals surface area contributed by atoms with Gasteiger partial charge in [0.25, 0.3) is 0 Å². The zero-order chi connectivity index (χ0) is 13.3. The topological polar surface area (TPSA) is 46.2 Å². The Hall–Kier alpha value is -1.17. The van der Waals surface area contributed by atoms with E-state index >= 15 is 0 Å². The van der Waals surface area contributed by atoms with E-state index in [1.54, 1.807) is 17.4 Å². The second kappa shape index (κ2) is 5.07. The summed E-state index contributed by atoms with van der Waals surface area (Å²) < 4.78 is 27.1. The second-order valence-electron chi connectivity index (χ2n) is 4.74. The number of rotatable bonds is 4. The highest BCUT2D eigenvalue weighted by molar-refractivity contribution is 7.89. The number of sulfonamides is 1. The van der Waals surface area contributed by atoms with Crippen LogP contribution in [0, 0.1) is 0 Å². The van der Waals surface area contributed by atoms with Gasteiger partial charge in [-0.25, -0.2) is 13.1 Å². The highest BCUT2D eigenvalue weighted by atomic mass is 32.2. The average molecular weight is 293 g/mol. The zero-order valence-electron chi connectivity index (χ0n) is 10.4. The first-order valence-electron chi connectivity index (χ1n) is 6.28. The van der Waals surface area contributed by atoms with Crippen LogP contribution < -0.4 is 4.72 Å². The quantitative estimate of drug-likeness (QED) is 0.942. The Kier molecular flexibility index (Phi) is 3.43. The van der Waals surface area contributed by atoms with Crippen LogP contribution in [0.25, 0.3) is 0 Å². The molecule has 5 heteroatoms. The molecule has 0 amide bonds. The van der Waals surface area contributed by atoms with Crippen molar-refractivity contribution < 1.29 is 8.42 Å². The molecule has 19 heavy (non-hydrogen) atoms. The lowest BCUT2D eigenvalue weighted by Gasteiger charge is -2.07. The number of thiophene rings is 1. The van der Waals surface area contributed by atoms with Crippen molar-refractivity contribution >= 4 is 21.4 Å². The molecule has 0 spiro atoms. The first kappa shape index (κ1) is 12.8. The standard InChI is InChI=1S/C14H15NO2S2/c16-19(17,15-9-11-6-7-18-10-11)14-5-4-12-2-1-3-13(12)8-14/h4-8,10,15H,1-3,9H2. The minimum absolute atomic E-state index is 0.350. The monoisotopic (exact) mass is 293 g/mol. The molecule has 1 aliphatic carbocycles. The highest BCUT2D eigenvalue weighted by Gasteiger charge is 2.18. The van der Waals surface area contributed by atoms with E-state index in [0.29, 0.717) is 11.4 Å². The van der Waals surface area contributed by atoms with E-state index in [1.807, 2.05) is 29.0 Å². The van der Waals surface area contributed by atoms with Crippen LogP contribution in [0.5, 0.6) is 0 Å². The summed E-state index contributed by atoms with van der Waals surface area (Å²) >= 11 is 1.57. The molecule has 0 aliphatic heterocycles. The Morgan fingerprint density at radius 3 is 2.79 bits per heavy atom. The molecule has 100 valence electrons. The normalized spacial score (nSPS) is 14.5. The Labute approximate surface area is 117 Å². The molecule has 1 aliphatic rings. The largest absolute Gasteiger partial charge is 0.240 e. The van der Waals surface area contributed by atoms with Gasteiger partial charge in [-0.05, 0) is 64.9 Å². The van der Waals surface area contributed by atoms with Gasteiger partial charge in [0.05, 0.1) is 4.90 Å². The third-order valence-corrected chi connectivity index (χ3v) is 5.56. The van der Waals surface area contributed by atoms with Gasteiger partial charge < -0.3 is 0 Å². The summed E-state index contributed by atoms with van der Waals surface area (Å²) in [5, 5.41) is 3.89. The van der Waals surface area contributed by atoms with E-state index in [0.717, 1.165) is 24.8 Å². The van der Waals surface area contributed by atoms with Gasteiger partial charge in [-0.2, -0.15) is 11.3 Å². The lowest BCUT2D eigenvalue weighted by atomic mass is 10.1. The van der Waals surface area contributed by atoms with Crippen LogP contribution in [0.2, 0.25) is 0 Å². The van der Waals surface area contributed by atoms with Gasteiger partial charge in [0.2, 0.25) is 10.0 Å². The van der Waals surface area contributed by atoms with Gasteiger partial charge >= 0.3 is 0 Å². The Balaban J connectivity index is 1.80. The molecule has 1 heterocycles. The summed E-state index contributed by atoms with van der Waals surface area (Å²) in [6.07, 6.45) is 3.18. The van der Waals surface area contributed by atoms with Gasteiger partial charge in [0, 0.05) is 6.54 Å². The van der Waals surface area contributed by atoms with Crippen molar-refractivity contribution in [2.45, 2.75) is 30.7 Å². The number of fused-ring (bicyclic) bond motifs is 1. The van der Waals surface area contributed by atoms with Gasteiger partial charge in [0.1, 0.15) is 0 Å². The average Bonchev–Trinajstić information content (AvgIpc) is 3.06. The van der Waals surface area contributed by atoms with Gasteiger partial charge in [-0.1, -0.05) is 6.07 Å². The predicted molar refractivity (Wildman–Crippen MR) is 76.8 cm³/mol. The van der Waals surface area contributed by atoms with E-state index in [1.165, 1.54) is 11.1 Å². The smallest absolute Gasteiger partial charge is 0.207 e. The molecule has 0 fully saturated rings. The maximum atomic E-state index is 12.2. The molecule has 3 nitrogen and oxygen atoms in total. The summed E-state index contributed by atoms with van der Waals surface area (Å²) in [6.45, 7) is 0.350. The molecular formula is C14H15NO2S2. The van der Waals surface area contributed by atoms with Gasteiger partial charge in [-0.15, -0.1) is 0 Å². The van der Waals surface area contributed by atoms with Crippen molar-refractivity contribution in [1.29, 1.82) is 0 Å². The van der Waals surface area contributed by atoms with Crippen molar-refractivity contribution in [1.82, 2.24) is 4.72 Å². The van der Waals surface area contributed by atoms with Crippen molar-refractivity contribution in [2.75, 3.05) is 0 Å².